The van der Waals surface area contributed by atoms with Crippen LogP contribution in [0, 0.1) is 24.0 Å². The van der Waals surface area contributed by atoms with Crippen molar-refractivity contribution in [2.75, 3.05) is 14.2 Å². The number of benzene rings is 1. The first-order chi connectivity index (χ1) is 13.6. The van der Waals surface area contributed by atoms with Gasteiger partial charge in [-0.15, -0.1) is 0 Å². The number of methoxy groups -OCH3 is 2. The van der Waals surface area contributed by atoms with Gasteiger partial charge >= 0.3 is 17.6 Å². The number of Topliss-reactive ketones (excluding diaryl/α,β-unsaturated/α-hetero) is 1. The van der Waals surface area contributed by atoms with Crippen molar-refractivity contribution in [3.8, 4) is 5.75 Å². The van der Waals surface area contributed by atoms with Gasteiger partial charge in [0.1, 0.15) is 0 Å². The van der Waals surface area contributed by atoms with Gasteiger partial charge in [0.05, 0.1) is 36.0 Å². The minimum Gasteiger partial charge on any atom is -0.475 e. The van der Waals surface area contributed by atoms with E-state index >= 15 is 0 Å². The number of hydrogen-bond donors (Lipinski definition) is 1. The Kier molecular flexibility index (Phi) is 6.37. The molecule has 154 valence electrons. The predicted octanol–water partition coefficient (Wildman–Crippen LogP) is 2.76. The first-order valence-electron chi connectivity index (χ1n) is 8.47. The summed E-state index contributed by atoms with van der Waals surface area (Å²) in [5, 5.41) is 11.3. The van der Waals surface area contributed by atoms with Gasteiger partial charge in [-0.3, -0.25) is 14.9 Å². The summed E-state index contributed by atoms with van der Waals surface area (Å²) in [5.74, 6) is -2.01. The SMILES string of the molecule is COC(=O)c1ccc(O[C@@H](C)C(=O)c2[nH]c(C)c(C(=O)OC)c2C)c([N+](=O)[O-])c1. The third-order valence-corrected chi connectivity index (χ3v) is 4.32. The summed E-state index contributed by atoms with van der Waals surface area (Å²) in [4.78, 5) is 49.7. The zero-order valence-corrected chi connectivity index (χ0v) is 16.5. The first kappa shape index (κ1) is 21.6. The van der Waals surface area contributed by atoms with E-state index in [4.69, 9.17) is 9.47 Å². The number of hydrogen-bond acceptors (Lipinski definition) is 8. The number of carbonyl (C=O) groups is 3. The first-order valence-corrected chi connectivity index (χ1v) is 8.47. The average molecular weight is 404 g/mol. The van der Waals surface area contributed by atoms with E-state index in [1.54, 1.807) is 13.8 Å². The molecule has 1 aromatic heterocycles. The van der Waals surface area contributed by atoms with E-state index in [-0.39, 0.29) is 22.6 Å². The van der Waals surface area contributed by atoms with E-state index in [1.807, 2.05) is 0 Å². The lowest BCUT2D eigenvalue weighted by Crippen LogP contribution is -2.25. The summed E-state index contributed by atoms with van der Waals surface area (Å²) in [6, 6.07) is 3.53. The van der Waals surface area contributed by atoms with E-state index in [9.17, 15) is 24.5 Å². The van der Waals surface area contributed by atoms with Gasteiger partial charge in [0.15, 0.2) is 11.9 Å². The summed E-state index contributed by atoms with van der Waals surface area (Å²) in [6.45, 7) is 4.63. The summed E-state index contributed by atoms with van der Waals surface area (Å²) in [7, 11) is 2.39. The van der Waals surface area contributed by atoms with Crippen LogP contribution in [0.5, 0.6) is 5.75 Å². The van der Waals surface area contributed by atoms with Crippen molar-refractivity contribution in [2.45, 2.75) is 26.9 Å². The van der Waals surface area contributed by atoms with Crippen LogP contribution in [0.3, 0.4) is 0 Å². The quantitative estimate of drug-likeness (QED) is 0.322. The second kappa shape index (κ2) is 8.55. The number of aryl methyl sites for hydroxylation is 1. The summed E-state index contributed by atoms with van der Waals surface area (Å²) in [6.07, 6.45) is -1.11. The molecule has 1 N–H and O–H groups in total. The third-order valence-electron chi connectivity index (χ3n) is 4.32. The fourth-order valence-corrected chi connectivity index (χ4v) is 2.86. The predicted molar refractivity (Wildman–Crippen MR) is 100 cm³/mol. The van der Waals surface area contributed by atoms with Crippen molar-refractivity contribution < 1.29 is 33.5 Å². The fraction of sp³-hybridized carbons (Fsp3) is 0.316. The minimum atomic E-state index is -1.11. The Hall–Kier alpha value is -3.69. The Labute approximate surface area is 165 Å². The van der Waals surface area contributed by atoms with E-state index in [1.165, 1.54) is 26.2 Å². The van der Waals surface area contributed by atoms with Gasteiger partial charge < -0.3 is 19.2 Å². The van der Waals surface area contributed by atoms with Crippen LogP contribution < -0.4 is 4.74 Å². The Balaban J connectivity index is 2.34. The summed E-state index contributed by atoms with van der Waals surface area (Å²) >= 11 is 0. The highest BCUT2D eigenvalue weighted by atomic mass is 16.6. The summed E-state index contributed by atoms with van der Waals surface area (Å²) < 4.78 is 14.8. The van der Waals surface area contributed by atoms with Gasteiger partial charge in [0.2, 0.25) is 5.78 Å². The van der Waals surface area contributed by atoms with Crippen LogP contribution in [0.1, 0.15) is 49.4 Å². The number of nitro groups is 1. The lowest BCUT2D eigenvalue weighted by molar-refractivity contribution is -0.386. The normalized spacial score (nSPS) is 11.5. The van der Waals surface area contributed by atoms with Crippen molar-refractivity contribution >= 4 is 23.4 Å². The van der Waals surface area contributed by atoms with Gasteiger partial charge in [0, 0.05) is 11.8 Å². The number of H-pyrrole nitrogens is 1. The van der Waals surface area contributed by atoms with Crippen molar-refractivity contribution in [1.82, 2.24) is 4.98 Å². The number of esters is 2. The van der Waals surface area contributed by atoms with Gasteiger partial charge in [-0.1, -0.05) is 0 Å². The van der Waals surface area contributed by atoms with Crippen LogP contribution in [-0.2, 0) is 9.47 Å². The maximum absolute atomic E-state index is 12.8. The van der Waals surface area contributed by atoms with Crippen LogP contribution >= 0.6 is 0 Å². The highest BCUT2D eigenvalue weighted by Crippen LogP contribution is 2.30. The number of ketones is 1. The highest BCUT2D eigenvalue weighted by molar-refractivity contribution is 6.03. The molecule has 2 aromatic rings. The molecule has 0 saturated carbocycles. The van der Waals surface area contributed by atoms with Gasteiger partial charge in [-0.2, -0.15) is 0 Å². The van der Waals surface area contributed by atoms with E-state index in [2.05, 4.69) is 9.72 Å². The zero-order valence-electron chi connectivity index (χ0n) is 16.5. The Morgan fingerprint density at radius 2 is 1.72 bits per heavy atom. The topological polar surface area (TPSA) is 138 Å². The molecule has 0 fully saturated rings. The molecule has 10 nitrogen and oxygen atoms in total. The van der Waals surface area contributed by atoms with Crippen molar-refractivity contribution in [2.24, 2.45) is 0 Å². The highest BCUT2D eigenvalue weighted by Gasteiger charge is 2.28. The monoisotopic (exact) mass is 404 g/mol. The number of nitrogens with one attached hydrogen (secondary N) is 1. The molecule has 0 aliphatic carbocycles. The van der Waals surface area contributed by atoms with E-state index in [0.29, 0.717) is 11.3 Å². The maximum Gasteiger partial charge on any atom is 0.339 e. The Morgan fingerprint density at radius 3 is 2.28 bits per heavy atom. The van der Waals surface area contributed by atoms with Crippen LogP contribution in [0.15, 0.2) is 18.2 Å². The zero-order chi connectivity index (χ0) is 21.9. The number of aromatic amines is 1. The second-order valence-corrected chi connectivity index (χ2v) is 6.17. The average Bonchev–Trinajstić information content (AvgIpc) is 3.00. The number of rotatable bonds is 7. The van der Waals surface area contributed by atoms with Gasteiger partial charge in [-0.05, 0) is 38.5 Å². The molecule has 1 heterocycles. The summed E-state index contributed by atoms with van der Waals surface area (Å²) in [5.41, 5.74) is 0.732. The molecule has 0 spiro atoms. The van der Waals surface area contributed by atoms with Gasteiger partial charge in [0.25, 0.3) is 0 Å². The van der Waals surface area contributed by atoms with Crippen LogP contribution in [0.4, 0.5) is 5.69 Å². The molecule has 10 heteroatoms. The molecule has 2 rings (SSSR count). The lowest BCUT2D eigenvalue weighted by atomic mass is 10.1. The lowest BCUT2D eigenvalue weighted by Gasteiger charge is -2.14. The third kappa shape index (κ3) is 4.26. The number of nitro benzene ring substituents is 1. The van der Waals surface area contributed by atoms with Gasteiger partial charge in [-0.25, -0.2) is 9.59 Å². The van der Waals surface area contributed by atoms with Crippen LogP contribution in [-0.4, -0.2) is 48.0 Å². The molecule has 1 aromatic carbocycles. The second-order valence-electron chi connectivity index (χ2n) is 6.17. The molecule has 0 aliphatic rings. The fourth-order valence-electron chi connectivity index (χ4n) is 2.86. The largest absolute Gasteiger partial charge is 0.475 e. The Morgan fingerprint density at radius 1 is 1.10 bits per heavy atom. The van der Waals surface area contributed by atoms with E-state index < -0.39 is 34.4 Å². The van der Waals surface area contributed by atoms with Crippen molar-refractivity contribution in [3.05, 3.63) is 56.4 Å². The smallest absolute Gasteiger partial charge is 0.339 e. The number of carbonyl (C=O) groups excluding carboxylic acids is 3. The maximum atomic E-state index is 12.8. The molecule has 0 aliphatic heterocycles. The molecule has 0 bridgehead atoms. The molecule has 29 heavy (non-hydrogen) atoms. The van der Waals surface area contributed by atoms with Crippen LogP contribution in [0.2, 0.25) is 0 Å². The van der Waals surface area contributed by atoms with Crippen molar-refractivity contribution in [3.63, 3.8) is 0 Å². The van der Waals surface area contributed by atoms with Crippen LogP contribution in [0.25, 0.3) is 0 Å². The van der Waals surface area contributed by atoms with E-state index in [0.717, 1.165) is 13.2 Å². The molecule has 0 amide bonds. The number of ether oxygens (including phenoxy) is 3. The minimum absolute atomic E-state index is 0.0240. The molecule has 0 saturated heterocycles. The molecule has 1 atom stereocenters. The number of nitrogens with zero attached hydrogens (tertiary/aromatic N) is 1. The standard InChI is InChI=1S/C19H20N2O8/c1-9-15(19(24)28-5)10(2)20-16(9)17(22)11(3)29-14-7-6-12(18(23)27-4)8-13(14)21(25)26/h6-8,11,20H,1-5H3/t11-/m0/s1. The molecule has 0 unspecified atom stereocenters. The molecular weight excluding hydrogens is 384 g/mol. The number of aromatic nitrogens is 1. The molecular formula is C19H20N2O8. The Bertz CT molecular complexity index is 992. The molecule has 0 radical (unpaired) electrons. The van der Waals surface area contributed by atoms with Crippen molar-refractivity contribution in [1.29, 1.82) is 0 Å².